The highest BCUT2D eigenvalue weighted by Gasteiger charge is 2.54. The number of likely N-dealkylation sites (tertiary alicyclic amines) is 1. The van der Waals surface area contributed by atoms with Crippen LogP contribution in [-0.2, 0) is 18.4 Å². The first-order valence-corrected chi connectivity index (χ1v) is 9.49. The van der Waals surface area contributed by atoms with Gasteiger partial charge in [-0.15, -0.1) is 0 Å². The van der Waals surface area contributed by atoms with Crippen molar-refractivity contribution in [3.63, 3.8) is 0 Å². The molecule has 0 radical (unpaired) electrons. The Hall–Kier alpha value is -2.21. The van der Waals surface area contributed by atoms with E-state index in [0.29, 0.717) is 5.92 Å². The van der Waals surface area contributed by atoms with E-state index >= 15 is 0 Å². The van der Waals surface area contributed by atoms with Crippen LogP contribution in [0.5, 0.6) is 0 Å². The minimum atomic E-state index is -0.248. The van der Waals surface area contributed by atoms with E-state index in [4.69, 9.17) is 0 Å². The molecular formula is C20H27N5O. The van der Waals surface area contributed by atoms with Gasteiger partial charge in [0.1, 0.15) is 12.2 Å². The quantitative estimate of drug-likeness (QED) is 0.896. The predicted molar refractivity (Wildman–Crippen MR) is 99.1 cm³/mol. The molecule has 1 aliphatic carbocycles. The second-order valence-corrected chi connectivity index (χ2v) is 7.84. The fourth-order valence-electron chi connectivity index (χ4n) is 4.83. The topological polar surface area (TPSA) is 63.1 Å². The van der Waals surface area contributed by atoms with Crippen LogP contribution in [0.3, 0.4) is 0 Å². The molecule has 1 saturated heterocycles. The average Bonchev–Trinajstić information content (AvgIpc) is 3.30. The third-order valence-corrected chi connectivity index (χ3v) is 6.12. The summed E-state index contributed by atoms with van der Waals surface area (Å²) in [7, 11) is 1.86. The molecule has 0 unspecified atom stereocenters. The Bertz CT molecular complexity index is 774. The van der Waals surface area contributed by atoms with Crippen LogP contribution in [0.25, 0.3) is 0 Å². The Labute approximate surface area is 154 Å². The number of benzene rings is 1. The Morgan fingerprint density at radius 3 is 2.92 bits per heavy atom. The Balaban J connectivity index is 1.47. The van der Waals surface area contributed by atoms with Crippen molar-refractivity contribution >= 4 is 5.91 Å². The fraction of sp³-hybridized carbons (Fsp3) is 0.550. The van der Waals surface area contributed by atoms with Gasteiger partial charge in [0.2, 0.25) is 5.91 Å². The standard InChI is InChI=1S/C20H27N5O/c1-15(18-21-14-22-24(18)2)23-19(26)20-10-6-9-17(20)12-25(13-20)11-16-7-4-3-5-8-16/h3-5,7-8,14-15,17H,6,9-13H2,1-2H3,(H,23,26)/t15-,17+,20+/m0/s1. The molecule has 1 aromatic heterocycles. The van der Waals surface area contributed by atoms with Gasteiger partial charge in [0.05, 0.1) is 11.5 Å². The van der Waals surface area contributed by atoms with Gasteiger partial charge in [-0.05, 0) is 31.2 Å². The molecule has 3 atom stereocenters. The third kappa shape index (κ3) is 3.03. The van der Waals surface area contributed by atoms with E-state index in [-0.39, 0.29) is 17.4 Å². The molecule has 138 valence electrons. The molecule has 6 nitrogen and oxygen atoms in total. The molecule has 1 aromatic carbocycles. The zero-order chi connectivity index (χ0) is 18.1. The maximum absolute atomic E-state index is 13.3. The zero-order valence-corrected chi connectivity index (χ0v) is 15.6. The van der Waals surface area contributed by atoms with Gasteiger partial charge in [0.15, 0.2) is 0 Å². The Morgan fingerprint density at radius 1 is 1.38 bits per heavy atom. The first kappa shape index (κ1) is 17.2. The summed E-state index contributed by atoms with van der Waals surface area (Å²) >= 11 is 0. The van der Waals surface area contributed by atoms with Crippen LogP contribution in [0.1, 0.15) is 43.6 Å². The Morgan fingerprint density at radius 2 is 2.19 bits per heavy atom. The second kappa shape index (κ2) is 6.83. The van der Waals surface area contributed by atoms with E-state index in [1.165, 1.54) is 11.9 Å². The lowest BCUT2D eigenvalue weighted by atomic mass is 9.79. The number of carbonyl (C=O) groups is 1. The average molecular weight is 353 g/mol. The first-order chi connectivity index (χ1) is 12.6. The van der Waals surface area contributed by atoms with E-state index in [0.717, 1.165) is 44.7 Å². The SMILES string of the molecule is C[C@H](NC(=O)[C@@]12CCC[C@@H]1CN(Cc1ccccc1)C2)c1ncnn1C. The normalized spacial score (nSPS) is 26.6. The lowest BCUT2D eigenvalue weighted by Crippen LogP contribution is -2.45. The highest BCUT2D eigenvalue weighted by molar-refractivity contribution is 5.84. The number of amides is 1. The van der Waals surface area contributed by atoms with Crippen molar-refractivity contribution in [2.45, 2.75) is 38.8 Å². The lowest BCUT2D eigenvalue weighted by Gasteiger charge is -2.29. The van der Waals surface area contributed by atoms with Gasteiger partial charge in [-0.25, -0.2) is 4.98 Å². The molecule has 4 rings (SSSR count). The molecule has 0 spiro atoms. The number of hydrogen-bond donors (Lipinski definition) is 1. The summed E-state index contributed by atoms with van der Waals surface area (Å²) < 4.78 is 1.73. The van der Waals surface area contributed by atoms with Gasteiger partial charge in [0, 0.05) is 26.7 Å². The summed E-state index contributed by atoms with van der Waals surface area (Å²) in [6.07, 6.45) is 4.82. The number of aromatic nitrogens is 3. The van der Waals surface area contributed by atoms with Crippen molar-refractivity contribution in [2.75, 3.05) is 13.1 Å². The molecule has 0 bridgehead atoms. The molecule has 2 fully saturated rings. The molecular weight excluding hydrogens is 326 g/mol. The van der Waals surface area contributed by atoms with Crippen LogP contribution in [0.2, 0.25) is 0 Å². The molecule has 1 saturated carbocycles. The smallest absolute Gasteiger partial charge is 0.228 e. The van der Waals surface area contributed by atoms with Crippen LogP contribution in [0.4, 0.5) is 0 Å². The number of rotatable bonds is 5. The lowest BCUT2D eigenvalue weighted by molar-refractivity contribution is -0.132. The highest BCUT2D eigenvalue weighted by atomic mass is 16.2. The van der Waals surface area contributed by atoms with E-state index < -0.39 is 0 Å². The largest absolute Gasteiger partial charge is 0.346 e. The summed E-state index contributed by atoms with van der Waals surface area (Å²) in [5.41, 5.74) is 1.07. The van der Waals surface area contributed by atoms with Crippen molar-refractivity contribution in [3.8, 4) is 0 Å². The number of hydrogen-bond acceptors (Lipinski definition) is 4. The molecule has 2 aromatic rings. The van der Waals surface area contributed by atoms with Gasteiger partial charge >= 0.3 is 0 Å². The first-order valence-electron chi connectivity index (χ1n) is 9.49. The van der Waals surface area contributed by atoms with Crippen LogP contribution < -0.4 is 5.32 Å². The van der Waals surface area contributed by atoms with Gasteiger partial charge < -0.3 is 5.32 Å². The van der Waals surface area contributed by atoms with Gasteiger partial charge in [-0.2, -0.15) is 5.10 Å². The molecule has 2 aliphatic rings. The number of fused-ring (bicyclic) bond motifs is 1. The summed E-state index contributed by atoms with van der Waals surface area (Å²) in [6.45, 7) is 4.77. The predicted octanol–water partition coefficient (Wildman–Crippen LogP) is 2.29. The van der Waals surface area contributed by atoms with Gasteiger partial charge in [-0.1, -0.05) is 36.8 Å². The maximum atomic E-state index is 13.3. The van der Waals surface area contributed by atoms with E-state index in [1.807, 2.05) is 20.0 Å². The van der Waals surface area contributed by atoms with Crippen molar-refractivity contribution < 1.29 is 4.79 Å². The molecule has 6 heteroatoms. The number of nitrogens with one attached hydrogen (secondary N) is 1. The summed E-state index contributed by atoms with van der Waals surface area (Å²) in [6, 6.07) is 10.4. The van der Waals surface area contributed by atoms with E-state index in [9.17, 15) is 4.79 Å². The van der Waals surface area contributed by atoms with Crippen LogP contribution in [-0.4, -0.2) is 38.7 Å². The van der Waals surface area contributed by atoms with Crippen LogP contribution in [0, 0.1) is 11.3 Å². The van der Waals surface area contributed by atoms with Crippen molar-refractivity contribution in [1.29, 1.82) is 0 Å². The minimum Gasteiger partial charge on any atom is -0.346 e. The van der Waals surface area contributed by atoms with Gasteiger partial charge in [-0.3, -0.25) is 14.4 Å². The van der Waals surface area contributed by atoms with Crippen molar-refractivity contribution in [1.82, 2.24) is 25.0 Å². The second-order valence-electron chi connectivity index (χ2n) is 7.84. The molecule has 2 heterocycles. The summed E-state index contributed by atoms with van der Waals surface area (Å²) in [5, 5.41) is 7.33. The van der Waals surface area contributed by atoms with Crippen LogP contribution in [0.15, 0.2) is 36.7 Å². The molecule has 1 N–H and O–H groups in total. The maximum Gasteiger partial charge on any atom is 0.228 e. The molecule has 1 amide bonds. The molecule has 26 heavy (non-hydrogen) atoms. The van der Waals surface area contributed by atoms with E-state index in [2.05, 4.69) is 44.6 Å². The number of carbonyl (C=O) groups excluding carboxylic acids is 1. The number of aryl methyl sites for hydroxylation is 1. The summed E-state index contributed by atoms with van der Waals surface area (Å²) in [4.78, 5) is 20.0. The summed E-state index contributed by atoms with van der Waals surface area (Å²) in [5.74, 6) is 1.44. The highest BCUT2D eigenvalue weighted by Crippen LogP contribution is 2.49. The zero-order valence-electron chi connectivity index (χ0n) is 15.6. The third-order valence-electron chi connectivity index (χ3n) is 6.12. The van der Waals surface area contributed by atoms with Crippen molar-refractivity contribution in [3.05, 3.63) is 48.0 Å². The van der Waals surface area contributed by atoms with Crippen LogP contribution >= 0.6 is 0 Å². The monoisotopic (exact) mass is 353 g/mol. The number of nitrogens with zero attached hydrogens (tertiary/aromatic N) is 4. The fourth-order valence-corrected chi connectivity index (χ4v) is 4.83. The minimum absolute atomic E-state index is 0.131. The van der Waals surface area contributed by atoms with Crippen molar-refractivity contribution in [2.24, 2.45) is 18.4 Å². The van der Waals surface area contributed by atoms with E-state index in [1.54, 1.807) is 4.68 Å². The Kier molecular flexibility index (Phi) is 4.53. The van der Waals surface area contributed by atoms with Gasteiger partial charge in [0.25, 0.3) is 0 Å². The molecule has 1 aliphatic heterocycles.